The van der Waals surface area contributed by atoms with Gasteiger partial charge in [0.05, 0.1) is 18.3 Å². The normalized spacial score (nSPS) is 46.6. The molecule has 0 bridgehead atoms. The van der Waals surface area contributed by atoms with Gasteiger partial charge in [-0.05, 0) is 90.9 Å². The Hall–Kier alpha value is -0.680. The molecule has 0 aliphatic heterocycles. The lowest BCUT2D eigenvalue weighted by atomic mass is 9.44. The summed E-state index contributed by atoms with van der Waals surface area (Å²) in [5.74, 6) is 1.79. The summed E-state index contributed by atoms with van der Waals surface area (Å²) in [6.07, 6.45) is 3.32. The van der Waals surface area contributed by atoms with Gasteiger partial charge in [-0.2, -0.15) is 0 Å². The van der Waals surface area contributed by atoms with Crippen molar-refractivity contribution in [2.45, 2.75) is 118 Å². The highest BCUT2D eigenvalue weighted by Gasteiger charge is 2.65. The van der Waals surface area contributed by atoms with Gasteiger partial charge in [0.2, 0.25) is 0 Å². The first-order valence-corrected chi connectivity index (χ1v) is 13.8. The topological polar surface area (TPSA) is 80.9 Å². The predicted molar refractivity (Wildman–Crippen MR) is 137 cm³/mol. The van der Waals surface area contributed by atoms with Crippen molar-refractivity contribution >= 4 is 0 Å². The number of rotatable bonds is 5. The van der Waals surface area contributed by atoms with Crippen molar-refractivity contribution in [1.82, 2.24) is 0 Å². The molecule has 0 amide bonds. The van der Waals surface area contributed by atoms with Gasteiger partial charge in [-0.15, -0.1) is 0 Å². The average Bonchev–Trinajstić information content (AvgIpc) is 3.11. The fraction of sp³-hybridized carbons (Fsp3) is 0.867. The molecule has 0 aromatic heterocycles. The SMILES string of the molecule is C=C(CC[C@@H](C)[C@H]1CC[C@H]2C3=C([C@@H](O)[C@H](O)[C@]12C)[C@@]1(C)CC(O)[C@H](O)C(C)(C)C1CC3)C(C)C. The summed E-state index contributed by atoms with van der Waals surface area (Å²) in [6, 6.07) is 0. The number of aliphatic hydroxyl groups excluding tert-OH is 4. The summed E-state index contributed by atoms with van der Waals surface area (Å²) >= 11 is 0. The molecular weight excluding hydrogens is 424 g/mol. The molecule has 34 heavy (non-hydrogen) atoms. The van der Waals surface area contributed by atoms with Gasteiger partial charge in [0.25, 0.3) is 0 Å². The Balaban J connectivity index is 1.69. The third-order valence-corrected chi connectivity index (χ3v) is 11.5. The monoisotopic (exact) mass is 474 g/mol. The fourth-order valence-electron chi connectivity index (χ4n) is 9.39. The maximum Gasteiger partial charge on any atom is 0.102 e. The van der Waals surface area contributed by atoms with E-state index in [0.717, 1.165) is 44.1 Å². The van der Waals surface area contributed by atoms with Crippen LogP contribution in [-0.2, 0) is 0 Å². The van der Waals surface area contributed by atoms with Crippen LogP contribution in [0.5, 0.6) is 0 Å². The number of hydrogen-bond acceptors (Lipinski definition) is 4. The van der Waals surface area contributed by atoms with Gasteiger partial charge >= 0.3 is 0 Å². The van der Waals surface area contributed by atoms with Gasteiger partial charge in [0, 0.05) is 5.41 Å². The van der Waals surface area contributed by atoms with Crippen LogP contribution in [0.2, 0.25) is 0 Å². The standard InChI is InChI=1S/C30H50O4/c1-16(2)17(3)9-10-18(4)20-12-13-21-19-11-14-23-28(5,6)26(33)22(31)15-29(23,7)24(19)25(32)27(34)30(20,21)8/h16,18,20-23,25-27,31-34H,3,9-15H2,1-2,4-8H3/t18-,20-,21+,22?,23?,25-,26+,27+,29+,30-/m1/s1. The molecule has 2 saturated carbocycles. The van der Waals surface area contributed by atoms with E-state index in [0.29, 0.717) is 24.2 Å². The molecule has 2 unspecified atom stereocenters. The molecule has 4 nitrogen and oxygen atoms in total. The first-order chi connectivity index (χ1) is 15.7. The number of fused-ring (bicyclic) bond motifs is 4. The Morgan fingerprint density at radius 1 is 0.971 bits per heavy atom. The minimum absolute atomic E-state index is 0.168. The second kappa shape index (κ2) is 8.71. The van der Waals surface area contributed by atoms with Crippen LogP contribution in [0.3, 0.4) is 0 Å². The van der Waals surface area contributed by atoms with Crippen LogP contribution < -0.4 is 0 Å². The molecule has 194 valence electrons. The Morgan fingerprint density at radius 3 is 2.24 bits per heavy atom. The maximum absolute atomic E-state index is 11.8. The van der Waals surface area contributed by atoms with E-state index in [4.69, 9.17) is 0 Å². The second-order valence-corrected chi connectivity index (χ2v) is 13.8. The lowest BCUT2D eigenvalue weighted by molar-refractivity contribution is -0.170. The summed E-state index contributed by atoms with van der Waals surface area (Å²) in [4.78, 5) is 0. The van der Waals surface area contributed by atoms with Gasteiger partial charge in [0.1, 0.15) is 6.10 Å². The second-order valence-electron chi connectivity index (χ2n) is 13.8. The summed E-state index contributed by atoms with van der Waals surface area (Å²) < 4.78 is 0. The Bertz CT molecular complexity index is 843. The van der Waals surface area contributed by atoms with Crippen molar-refractivity contribution < 1.29 is 20.4 Å². The fourth-order valence-corrected chi connectivity index (χ4v) is 9.39. The van der Waals surface area contributed by atoms with Gasteiger partial charge in [0.15, 0.2) is 0 Å². The van der Waals surface area contributed by atoms with E-state index in [1.54, 1.807) is 0 Å². The minimum Gasteiger partial charge on any atom is -0.390 e. The summed E-state index contributed by atoms with van der Waals surface area (Å²) in [6.45, 7) is 19.5. The van der Waals surface area contributed by atoms with E-state index >= 15 is 0 Å². The molecule has 0 saturated heterocycles. The van der Waals surface area contributed by atoms with Gasteiger partial charge in [-0.3, -0.25) is 0 Å². The molecular formula is C30H50O4. The largest absolute Gasteiger partial charge is 0.390 e. The molecule has 4 aliphatic rings. The lowest BCUT2D eigenvalue weighted by Gasteiger charge is -2.62. The quantitative estimate of drug-likeness (QED) is 0.410. The van der Waals surface area contributed by atoms with Crippen molar-refractivity contribution in [1.29, 1.82) is 0 Å². The highest BCUT2D eigenvalue weighted by Crippen LogP contribution is 2.68. The summed E-state index contributed by atoms with van der Waals surface area (Å²) in [7, 11) is 0. The number of allylic oxidation sites excluding steroid dienone is 2. The van der Waals surface area contributed by atoms with Crippen LogP contribution in [0.25, 0.3) is 0 Å². The molecule has 4 aliphatic carbocycles. The third-order valence-electron chi connectivity index (χ3n) is 11.5. The van der Waals surface area contributed by atoms with Crippen LogP contribution in [0.15, 0.2) is 23.3 Å². The smallest absolute Gasteiger partial charge is 0.102 e. The summed E-state index contributed by atoms with van der Waals surface area (Å²) in [5, 5.41) is 45.1. The molecule has 0 heterocycles. The van der Waals surface area contributed by atoms with Crippen LogP contribution in [-0.4, -0.2) is 44.8 Å². The number of hydrogen-bond donors (Lipinski definition) is 4. The zero-order valence-electron chi connectivity index (χ0n) is 22.6. The molecule has 10 atom stereocenters. The maximum atomic E-state index is 11.8. The van der Waals surface area contributed by atoms with Crippen LogP contribution in [0.4, 0.5) is 0 Å². The third kappa shape index (κ3) is 3.61. The highest BCUT2D eigenvalue weighted by molar-refractivity contribution is 5.40. The molecule has 4 N–H and O–H groups in total. The van der Waals surface area contributed by atoms with Crippen LogP contribution >= 0.6 is 0 Å². The van der Waals surface area contributed by atoms with E-state index in [2.05, 4.69) is 55.0 Å². The molecule has 4 heteroatoms. The number of aliphatic hydroxyl groups is 4. The molecule has 2 fully saturated rings. The molecule has 0 aromatic carbocycles. The van der Waals surface area contributed by atoms with Crippen molar-refractivity contribution in [3.63, 3.8) is 0 Å². The zero-order chi connectivity index (χ0) is 25.4. The Labute approximate surface area is 207 Å². The molecule has 0 aromatic rings. The highest BCUT2D eigenvalue weighted by atomic mass is 16.3. The Morgan fingerprint density at radius 2 is 1.62 bits per heavy atom. The van der Waals surface area contributed by atoms with E-state index in [9.17, 15) is 20.4 Å². The van der Waals surface area contributed by atoms with Gasteiger partial charge < -0.3 is 20.4 Å². The van der Waals surface area contributed by atoms with Crippen LogP contribution in [0.1, 0.15) is 93.4 Å². The van der Waals surface area contributed by atoms with Crippen molar-refractivity contribution in [3.8, 4) is 0 Å². The van der Waals surface area contributed by atoms with E-state index in [-0.39, 0.29) is 17.3 Å². The predicted octanol–water partition coefficient (Wildman–Crippen LogP) is 5.25. The minimum atomic E-state index is -0.902. The van der Waals surface area contributed by atoms with Crippen LogP contribution in [0, 0.1) is 45.8 Å². The first-order valence-electron chi connectivity index (χ1n) is 13.8. The Kier molecular flexibility index (Phi) is 6.76. The van der Waals surface area contributed by atoms with E-state index in [1.807, 2.05) is 0 Å². The zero-order valence-corrected chi connectivity index (χ0v) is 22.6. The van der Waals surface area contributed by atoms with Gasteiger partial charge in [-0.1, -0.05) is 66.2 Å². The van der Waals surface area contributed by atoms with Crippen molar-refractivity contribution in [2.24, 2.45) is 45.8 Å². The molecule has 4 rings (SSSR count). The first kappa shape index (κ1) is 26.4. The lowest BCUT2D eigenvalue weighted by Crippen LogP contribution is -2.63. The van der Waals surface area contributed by atoms with Crippen molar-refractivity contribution in [2.75, 3.05) is 0 Å². The van der Waals surface area contributed by atoms with Gasteiger partial charge in [-0.25, -0.2) is 0 Å². The average molecular weight is 475 g/mol. The van der Waals surface area contributed by atoms with E-state index in [1.165, 1.54) is 11.1 Å². The molecule has 0 spiro atoms. The molecule has 0 radical (unpaired) electrons. The van der Waals surface area contributed by atoms with Crippen molar-refractivity contribution in [3.05, 3.63) is 23.3 Å². The summed E-state index contributed by atoms with van der Waals surface area (Å²) in [5.41, 5.74) is 2.48. The van der Waals surface area contributed by atoms with E-state index < -0.39 is 35.2 Å².